The highest BCUT2D eigenvalue weighted by molar-refractivity contribution is 6.02. The van der Waals surface area contributed by atoms with Gasteiger partial charge in [-0.3, -0.25) is 0 Å². The van der Waals surface area contributed by atoms with E-state index >= 15 is 0 Å². The van der Waals surface area contributed by atoms with Crippen molar-refractivity contribution < 1.29 is 0 Å². The normalized spacial score (nSPS) is 18.7. The Balaban J connectivity index is 1.06. The van der Waals surface area contributed by atoms with Crippen LogP contribution in [-0.4, -0.2) is 0 Å². The molecule has 362 valence electrons. The summed E-state index contributed by atoms with van der Waals surface area (Å²) in [6.45, 7) is 21.4. The van der Waals surface area contributed by atoms with Crippen molar-refractivity contribution in [2.45, 2.75) is 84.5 Å². The number of fused-ring (bicyclic) bond motifs is 13. The van der Waals surface area contributed by atoms with Crippen LogP contribution < -0.4 is 4.90 Å². The molecule has 0 saturated carbocycles. The van der Waals surface area contributed by atoms with Crippen molar-refractivity contribution in [1.82, 2.24) is 0 Å². The van der Waals surface area contributed by atoms with Crippen LogP contribution in [-0.2, 0) is 16.2 Å². The summed E-state index contributed by atoms with van der Waals surface area (Å²) in [6, 6.07) is 78.4. The van der Waals surface area contributed by atoms with Crippen LogP contribution >= 0.6 is 0 Å². The fourth-order valence-electron chi connectivity index (χ4n) is 13.8. The highest BCUT2D eigenvalue weighted by Gasteiger charge is 2.57. The quantitative estimate of drug-likeness (QED) is 0.161. The first-order valence-electron chi connectivity index (χ1n) is 26.9. The summed E-state index contributed by atoms with van der Waals surface area (Å²) in [4.78, 5) is 2.56. The number of rotatable bonds is 6. The molecule has 0 aliphatic heterocycles. The molecule has 9 aromatic rings. The SMILES string of the molecule is CC1C=C(C(C)(C)C)C=C2C1c1ccc(C(C)(C)C)cc1C21c2ccccc2-c2cc(-c3ccccc3N(c3ccccc3-c3ccccc3)c3ccccc3-c3cccc4c3-c3ccccc3C4(C)C)ccc21. The minimum Gasteiger partial charge on any atom is -0.309 e. The van der Waals surface area contributed by atoms with Gasteiger partial charge in [-0.2, -0.15) is 0 Å². The van der Waals surface area contributed by atoms with E-state index in [4.69, 9.17) is 0 Å². The third-order valence-corrected chi connectivity index (χ3v) is 17.3. The first-order chi connectivity index (χ1) is 35.7. The van der Waals surface area contributed by atoms with Gasteiger partial charge in [-0.15, -0.1) is 0 Å². The van der Waals surface area contributed by atoms with E-state index in [1.54, 1.807) is 0 Å². The van der Waals surface area contributed by atoms with Crippen molar-refractivity contribution >= 4 is 17.1 Å². The summed E-state index contributed by atoms with van der Waals surface area (Å²) in [5.74, 6) is 0.643. The Morgan fingerprint density at radius 1 is 0.405 bits per heavy atom. The Morgan fingerprint density at radius 3 is 1.62 bits per heavy atom. The van der Waals surface area contributed by atoms with E-state index in [2.05, 4.69) is 286 Å². The number of para-hydroxylation sites is 3. The van der Waals surface area contributed by atoms with Crippen LogP contribution in [0.2, 0.25) is 0 Å². The molecule has 3 atom stereocenters. The van der Waals surface area contributed by atoms with Crippen molar-refractivity contribution in [3.05, 3.63) is 268 Å². The van der Waals surface area contributed by atoms with Crippen molar-refractivity contribution in [3.8, 4) is 55.6 Å². The molecule has 0 heterocycles. The smallest absolute Gasteiger partial charge is 0.0685 e. The van der Waals surface area contributed by atoms with Gasteiger partial charge in [-0.05, 0) is 130 Å². The molecule has 3 unspecified atom stereocenters. The van der Waals surface area contributed by atoms with Gasteiger partial charge in [0, 0.05) is 28.0 Å². The van der Waals surface area contributed by atoms with E-state index in [1.807, 2.05) is 0 Å². The topological polar surface area (TPSA) is 3.24 Å². The molecular formula is C73H65N. The van der Waals surface area contributed by atoms with Gasteiger partial charge in [0.1, 0.15) is 0 Å². The summed E-state index contributed by atoms with van der Waals surface area (Å²) < 4.78 is 0. The first kappa shape index (κ1) is 46.1. The van der Waals surface area contributed by atoms with Crippen LogP contribution in [0.5, 0.6) is 0 Å². The van der Waals surface area contributed by atoms with Crippen molar-refractivity contribution in [3.63, 3.8) is 0 Å². The molecular weight excluding hydrogens is 891 g/mol. The number of hydrogen-bond acceptors (Lipinski definition) is 1. The molecule has 0 fully saturated rings. The van der Waals surface area contributed by atoms with Crippen LogP contribution in [0.3, 0.4) is 0 Å². The van der Waals surface area contributed by atoms with Gasteiger partial charge in [0.2, 0.25) is 0 Å². The average molecular weight is 956 g/mol. The lowest BCUT2D eigenvalue weighted by Crippen LogP contribution is -2.30. The van der Waals surface area contributed by atoms with Gasteiger partial charge in [-0.25, -0.2) is 0 Å². The molecule has 1 spiro atoms. The molecule has 0 N–H and O–H groups in total. The number of benzene rings is 9. The summed E-state index contributed by atoms with van der Waals surface area (Å²) in [7, 11) is 0. The van der Waals surface area contributed by atoms with Gasteiger partial charge in [0.05, 0.1) is 22.5 Å². The Bertz CT molecular complexity index is 3810. The molecule has 0 bridgehead atoms. The maximum absolute atomic E-state index is 2.62. The summed E-state index contributed by atoms with van der Waals surface area (Å²) >= 11 is 0. The second-order valence-electron chi connectivity index (χ2n) is 24.1. The fourth-order valence-corrected chi connectivity index (χ4v) is 13.8. The number of hydrogen-bond donors (Lipinski definition) is 0. The van der Waals surface area contributed by atoms with E-state index in [1.165, 1.54) is 106 Å². The van der Waals surface area contributed by atoms with E-state index < -0.39 is 5.41 Å². The lowest BCUT2D eigenvalue weighted by Gasteiger charge is -2.37. The minimum absolute atomic E-state index is 0.00141. The van der Waals surface area contributed by atoms with Crippen molar-refractivity contribution in [2.75, 3.05) is 4.90 Å². The third kappa shape index (κ3) is 6.74. The number of anilines is 3. The number of allylic oxidation sites excluding steroid dienone is 4. The Morgan fingerprint density at radius 2 is 0.946 bits per heavy atom. The maximum Gasteiger partial charge on any atom is 0.0685 e. The zero-order chi connectivity index (χ0) is 50.9. The molecule has 1 heteroatoms. The van der Waals surface area contributed by atoms with Gasteiger partial charge in [0.15, 0.2) is 0 Å². The van der Waals surface area contributed by atoms with Crippen LogP contribution in [0.15, 0.2) is 230 Å². The summed E-state index contributed by atoms with van der Waals surface area (Å²) in [6.07, 6.45) is 5.19. The molecule has 4 aliphatic rings. The maximum atomic E-state index is 2.62. The van der Waals surface area contributed by atoms with E-state index in [0.717, 1.165) is 17.1 Å². The highest BCUT2D eigenvalue weighted by atomic mass is 15.1. The molecule has 0 amide bonds. The predicted molar refractivity (Wildman–Crippen MR) is 313 cm³/mol. The van der Waals surface area contributed by atoms with E-state index in [9.17, 15) is 0 Å². The standard InChI is InChI=1S/C73H65N/c1-46-42-50(71(5,6)7)45-64-68(46)57-40-39-49(70(2,3)4)44-63(57)73(64)60-33-19-13-28-53(60)58-43-48(38-41-61(58)73)52-27-16-21-36-66(52)74(65-35-20-15-26-51(65)47-24-11-10-12-25-47)67-37-22-17-29-54(67)55-31-23-34-62-69(55)56-30-14-18-32-59(56)72(62,8)9/h10-46,68H,1-9H3. The molecule has 9 aromatic carbocycles. The van der Waals surface area contributed by atoms with Crippen LogP contribution in [0, 0.1) is 11.3 Å². The predicted octanol–water partition coefficient (Wildman–Crippen LogP) is 19.7. The first-order valence-corrected chi connectivity index (χ1v) is 26.9. The Labute approximate surface area is 439 Å². The van der Waals surface area contributed by atoms with Crippen LogP contribution in [0.1, 0.15) is 107 Å². The number of nitrogens with zero attached hydrogens (tertiary/aromatic N) is 1. The van der Waals surface area contributed by atoms with Gasteiger partial charge in [-0.1, -0.05) is 256 Å². The molecule has 4 aliphatic carbocycles. The fraction of sp³-hybridized carbons (Fsp3) is 0.205. The molecule has 1 nitrogen and oxygen atoms in total. The summed E-state index contributed by atoms with van der Waals surface area (Å²) in [5.41, 5.74) is 28.1. The molecule has 74 heavy (non-hydrogen) atoms. The van der Waals surface area contributed by atoms with Gasteiger partial charge < -0.3 is 4.90 Å². The highest BCUT2D eigenvalue weighted by Crippen LogP contribution is 2.67. The lowest BCUT2D eigenvalue weighted by molar-refractivity contribution is 0.487. The van der Waals surface area contributed by atoms with Crippen molar-refractivity contribution in [2.24, 2.45) is 11.3 Å². The molecule has 13 rings (SSSR count). The van der Waals surface area contributed by atoms with Crippen molar-refractivity contribution in [1.29, 1.82) is 0 Å². The minimum atomic E-state index is -0.424. The molecule has 0 saturated heterocycles. The largest absolute Gasteiger partial charge is 0.309 e. The molecule has 0 aromatic heterocycles. The van der Waals surface area contributed by atoms with E-state index in [0.29, 0.717) is 5.92 Å². The van der Waals surface area contributed by atoms with Gasteiger partial charge in [0.25, 0.3) is 0 Å². The monoisotopic (exact) mass is 956 g/mol. The average Bonchev–Trinajstić information content (AvgIpc) is 3.98. The van der Waals surface area contributed by atoms with Crippen LogP contribution in [0.4, 0.5) is 17.1 Å². The Hall–Kier alpha value is -7.74. The van der Waals surface area contributed by atoms with Gasteiger partial charge >= 0.3 is 0 Å². The lowest BCUT2D eigenvalue weighted by atomic mass is 9.65. The van der Waals surface area contributed by atoms with Crippen LogP contribution in [0.25, 0.3) is 55.6 Å². The zero-order valence-corrected chi connectivity index (χ0v) is 44.4. The third-order valence-electron chi connectivity index (χ3n) is 17.3. The zero-order valence-electron chi connectivity index (χ0n) is 44.4. The van der Waals surface area contributed by atoms with E-state index in [-0.39, 0.29) is 22.2 Å². The Kier molecular flexibility index (Phi) is 10.4. The molecule has 0 radical (unpaired) electrons. The second-order valence-corrected chi connectivity index (χ2v) is 24.1. The summed E-state index contributed by atoms with van der Waals surface area (Å²) in [5, 5.41) is 0. The second kappa shape index (κ2) is 16.6.